The van der Waals surface area contributed by atoms with E-state index in [1.807, 2.05) is 0 Å². The van der Waals surface area contributed by atoms with Gasteiger partial charge in [0.25, 0.3) is 5.91 Å². The number of hydrogen-bond acceptors (Lipinski definition) is 3. The van der Waals surface area contributed by atoms with Gasteiger partial charge in [0, 0.05) is 17.4 Å². The number of aliphatic carboxylic acids is 1. The molecule has 1 heterocycles. The molecular formula is C15H14N2O4. The molecule has 0 saturated carbocycles. The molecule has 1 aromatic heterocycles. The third-order valence-electron chi connectivity index (χ3n) is 2.93. The summed E-state index contributed by atoms with van der Waals surface area (Å²) in [6.45, 7) is 0.931. The van der Waals surface area contributed by atoms with Crippen molar-refractivity contribution in [2.45, 2.75) is 6.92 Å². The Balaban J connectivity index is 2.33. The lowest BCUT2D eigenvalue weighted by Crippen LogP contribution is -2.35. The van der Waals surface area contributed by atoms with Crippen LogP contribution in [0.15, 0.2) is 42.6 Å². The monoisotopic (exact) mass is 286 g/mol. The van der Waals surface area contributed by atoms with Gasteiger partial charge in [-0.25, -0.2) is 0 Å². The minimum Gasteiger partial charge on any atom is -0.480 e. The summed E-state index contributed by atoms with van der Waals surface area (Å²) in [7, 11) is 0. The molecule has 21 heavy (non-hydrogen) atoms. The third-order valence-corrected chi connectivity index (χ3v) is 2.93. The maximum atomic E-state index is 12.4. The van der Waals surface area contributed by atoms with Gasteiger partial charge in [0.15, 0.2) is 5.78 Å². The highest BCUT2D eigenvalue weighted by Gasteiger charge is 2.22. The molecule has 0 spiro atoms. The fourth-order valence-corrected chi connectivity index (χ4v) is 1.89. The molecule has 2 aromatic rings. The number of aromatic nitrogens is 1. The SMILES string of the molecule is CC(=O)c1c[nH]c(C(=O)N(CC(=O)O)c2ccccc2)c1. The number of anilines is 1. The van der Waals surface area contributed by atoms with Crippen LogP contribution in [0.3, 0.4) is 0 Å². The zero-order valence-electron chi connectivity index (χ0n) is 11.4. The van der Waals surface area contributed by atoms with Crippen LogP contribution in [0.5, 0.6) is 0 Å². The largest absolute Gasteiger partial charge is 0.480 e. The summed E-state index contributed by atoms with van der Waals surface area (Å²) < 4.78 is 0. The second-order valence-electron chi connectivity index (χ2n) is 4.48. The Bertz CT molecular complexity index is 676. The van der Waals surface area contributed by atoms with Crippen LogP contribution in [-0.2, 0) is 4.79 Å². The lowest BCUT2D eigenvalue weighted by molar-refractivity contribution is -0.135. The van der Waals surface area contributed by atoms with Crippen molar-refractivity contribution < 1.29 is 19.5 Å². The number of Topliss-reactive ketones (excluding diaryl/α,β-unsaturated/α-hetero) is 1. The van der Waals surface area contributed by atoms with E-state index >= 15 is 0 Å². The number of rotatable bonds is 5. The number of benzene rings is 1. The average molecular weight is 286 g/mol. The molecule has 0 bridgehead atoms. The van der Waals surface area contributed by atoms with E-state index in [0.29, 0.717) is 11.3 Å². The minimum atomic E-state index is -1.12. The van der Waals surface area contributed by atoms with Gasteiger partial charge in [0.05, 0.1) is 0 Å². The van der Waals surface area contributed by atoms with Crippen LogP contribution in [-0.4, -0.2) is 34.3 Å². The van der Waals surface area contributed by atoms with Gasteiger partial charge in [0.1, 0.15) is 12.2 Å². The predicted octanol–water partition coefficient (Wildman–Crippen LogP) is 1.95. The molecule has 1 aromatic carbocycles. The van der Waals surface area contributed by atoms with Gasteiger partial charge in [-0.1, -0.05) is 18.2 Å². The van der Waals surface area contributed by atoms with Gasteiger partial charge >= 0.3 is 5.97 Å². The normalized spacial score (nSPS) is 10.1. The second-order valence-corrected chi connectivity index (χ2v) is 4.48. The van der Waals surface area contributed by atoms with Crippen molar-refractivity contribution in [3.05, 3.63) is 53.9 Å². The van der Waals surface area contributed by atoms with Gasteiger partial charge in [-0.3, -0.25) is 19.3 Å². The topological polar surface area (TPSA) is 90.5 Å². The van der Waals surface area contributed by atoms with Crippen LogP contribution < -0.4 is 4.90 Å². The number of nitrogens with zero attached hydrogens (tertiary/aromatic N) is 1. The van der Waals surface area contributed by atoms with E-state index in [9.17, 15) is 14.4 Å². The van der Waals surface area contributed by atoms with Gasteiger partial charge in [0.2, 0.25) is 0 Å². The molecule has 0 atom stereocenters. The van der Waals surface area contributed by atoms with E-state index in [-0.39, 0.29) is 11.5 Å². The fraction of sp³-hybridized carbons (Fsp3) is 0.133. The first-order valence-electron chi connectivity index (χ1n) is 6.27. The zero-order valence-corrected chi connectivity index (χ0v) is 11.4. The van der Waals surface area contributed by atoms with Gasteiger partial charge in [-0.15, -0.1) is 0 Å². The number of carboxylic acids is 1. The van der Waals surface area contributed by atoms with E-state index in [1.54, 1.807) is 30.3 Å². The minimum absolute atomic E-state index is 0.171. The summed E-state index contributed by atoms with van der Waals surface area (Å²) in [6, 6.07) is 9.92. The number of H-pyrrole nitrogens is 1. The van der Waals surface area contributed by atoms with Gasteiger partial charge in [-0.2, -0.15) is 0 Å². The standard InChI is InChI=1S/C15H14N2O4/c1-10(18)11-7-13(16-8-11)15(21)17(9-14(19)20)12-5-3-2-4-6-12/h2-8,16H,9H2,1H3,(H,19,20). The first-order valence-corrected chi connectivity index (χ1v) is 6.27. The predicted molar refractivity (Wildman–Crippen MR) is 76.6 cm³/mol. The lowest BCUT2D eigenvalue weighted by atomic mass is 10.2. The summed E-state index contributed by atoms with van der Waals surface area (Å²) in [5.74, 6) is -1.79. The van der Waals surface area contributed by atoms with Crippen LogP contribution >= 0.6 is 0 Å². The van der Waals surface area contributed by atoms with Crippen LogP contribution in [0, 0.1) is 0 Å². The van der Waals surface area contributed by atoms with E-state index in [1.165, 1.54) is 19.2 Å². The van der Waals surface area contributed by atoms with Gasteiger partial charge < -0.3 is 10.1 Å². The molecule has 2 rings (SSSR count). The molecule has 0 saturated heterocycles. The Hall–Kier alpha value is -2.89. The van der Waals surface area contributed by atoms with E-state index in [0.717, 1.165) is 4.90 Å². The molecular weight excluding hydrogens is 272 g/mol. The maximum absolute atomic E-state index is 12.4. The van der Waals surface area contributed by atoms with Crippen LogP contribution in [0.2, 0.25) is 0 Å². The summed E-state index contributed by atoms with van der Waals surface area (Å²) in [5, 5.41) is 8.98. The van der Waals surface area contributed by atoms with Crippen LogP contribution in [0.25, 0.3) is 0 Å². The van der Waals surface area contributed by atoms with Crippen LogP contribution in [0.4, 0.5) is 5.69 Å². The highest BCUT2D eigenvalue weighted by molar-refractivity contribution is 6.08. The first kappa shape index (κ1) is 14.5. The van der Waals surface area contributed by atoms with Crippen molar-refractivity contribution in [3.8, 4) is 0 Å². The highest BCUT2D eigenvalue weighted by Crippen LogP contribution is 2.17. The summed E-state index contributed by atoms with van der Waals surface area (Å²) in [6.07, 6.45) is 1.43. The van der Waals surface area contributed by atoms with Crippen molar-refractivity contribution in [1.29, 1.82) is 0 Å². The molecule has 6 nitrogen and oxygen atoms in total. The summed E-state index contributed by atoms with van der Waals surface area (Å²) in [4.78, 5) is 38.5. The molecule has 6 heteroatoms. The van der Waals surface area contributed by atoms with Crippen molar-refractivity contribution in [1.82, 2.24) is 4.98 Å². The molecule has 0 radical (unpaired) electrons. The molecule has 0 aliphatic heterocycles. The Morgan fingerprint density at radius 1 is 1.19 bits per heavy atom. The molecule has 2 N–H and O–H groups in total. The Labute approximate surface area is 121 Å². The highest BCUT2D eigenvalue weighted by atomic mass is 16.4. The number of carbonyl (C=O) groups is 3. The molecule has 108 valence electrons. The number of hydrogen-bond donors (Lipinski definition) is 2. The smallest absolute Gasteiger partial charge is 0.323 e. The second kappa shape index (κ2) is 6.04. The number of nitrogens with one attached hydrogen (secondary N) is 1. The Kier molecular flexibility index (Phi) is 4.18. The van der Waals surface area contributed by atoms with Crippen molar-refractivity contribution in [2.24, 2.45) is 0 Å². The Morgan fingerprint density at radius 3 is 2.38 bits per heavy atom. The molecule has 1 amide bonds. The maximum Gasteiger partial charge on any atom is 0.323 e. The van der Waals surface area contributed by atoms with E-state index < -0.39 is 18.4 Å². The molecule has 0 fully saturated rings. The summed E-state index contributed by atoms with van der Waals surface area (Å²) >= 11 is 0. The van der Waals surface area contributed by atoms with Gasteiger partial charge in [-0.05, 0) is 25.1 Å². The van der Waals surface area contributed by atoms with Crippen molar-refractivity contribution in [3.63, 3.8) is 0 Å². The fourth-order valence-electron chi connectivity index (χ4n) is 1.89. The van der Waals surface area contributed by atoms with E-state index in [4.69, 9.17) is 5.11 Å². The molecule has 0 unspecified atom stereocenters. The Morgan fingerprint density at radius 2 is 1.86 bits per heavy atom. The summed E-state index contributed by atoms with van der Waals surface area (Å²) in [5.41, 5.74) is 1.02. The zero-order chi connectivity index (χ0) is 15.4. The number of carbonyl (C=O) groups excluding carboxylic acids is 2. The number of amides is 1. The average Bonchev–Trinajstić information content (AvgIpc) is 2.95. The quantitative estimate of drug-likeness (QED) is 0.822. The number of carboxylic acid groups (broad SMARTS) is 1. The van der Waals surface area contributed by atoms with Crippen LogP contribution in [0.1, 0.15) is 27.8 Å². The third kappa shape index (κ3) is 3.36. The number of para-hydroxylation sites is 1. The molecule has 0 aliphatic rings. The van der Waals surface area contributed by atoms with E-state index in [2.05, 4.69) is 4.98 Å². The number of aromatic amines is 1. The first-order chi connectivity index (χ1) is 9.99. The lowest BCUT2D eigenvalue weighted by Gasteiger charge is -2.20. The van der Waals surface area contributed by atoms with Crippen molar-refractivity contribution >= 4 is 23.3 Å². The number of ketones is 1. The molecule has 0 aliphatic carbocycles. The van der Waals surface area contributed by atoms with Crippen molar-refractivity contribution in [2.75, 3.05) is 11.4 Å².